The molecule has 3 saturated heterocycles. The third-order valence-corrected chi connectivity index (χ3v) is 9.59. The van der Waals surface area contributed by atoms with E-state index in [0.29, 0.717) is 44.7 Å². The Kier molecular flexibility index (Phi) is 8.45. The third-order valence-electron chi connectivity index (χ3n) is 6.97. The number of nitrogens with one attached hydrogen (secondary N) is 2. The highest BCUT2D eigenvalue weighted by molar-refractivity contribution is 7.91. The van der Waals surface area contributed by atoms with Gasteiger partial charge in [0.15, 0.2) is 11.0 Å². The van der Waals surface area contributed by atoms with Crippen molar-refractivity contribution in [3.05, 3.63) is 29.8 Å². The van der Waals surface area contributed by atoms with Crippen LogP contribution in [0.1, 0.15) is 50.5 Å². The van der Waals surface area contributed by atoms with Crippen molar-refractivity contribution in [1.29, 1.82) is 0 Å². The van der Waals surface area contributed by atoms with E-state index in [9.17, 15) is 26.4 Å². The highest BCUT2D eigenvalue weighted by atomic mass is 32.2. The van der Waals surface area contributed by atoms with Crippen LogP contribution in [0.3, 0.4) is 0 Å². The number of sulfonamides is 1. The van der Waals surface area contributed by atoms with Crippen LogP contribution >= 0.6 is 0 Å². The van der Waals surface area contributed by atoms with Crippen molar-refractivity contribution in [2.24, 2.45) is 0 Å². The quantitative estimate of drug-likeness (QED) is 0.517. The summed E-state index contributed by atoms with van der Waals surface area (Å²) >= 11 is 0. The van der Waals surface area contributed by atoms with Crippen LogP contribution in [0.25, 0.3) is 0 Å². The molecule has 0 aromatic heterocycles. The van der Waals surface area contributed by atoms with Crippen molar-refractivity contribution in [3.63, 3.8) is 0 Å². The number of carbonyl (C=O) groups is 1. The van der Waals surface area contributed by atoms with E-state index in [1.165, 1.54) is 16.4 Å². The van der Waals surface area contributed by atoms with Gasteiger partial charge in [0.1, 0.15) is 11.9 Å². The van der Waals surface area contributed by atoms with Gasteiger partial charge in [-0.15, -0.1) is 0 Å². The Hall–Kier alpha value is -1.93. The lowest BCUT2D eigenvalue weighted by Gasteiger charge is -2.41. The van der Waals surface area contributed by atoms with Gasteiger partial charge in [0.25, 0.3) is 5.91 Å². The summed E-state index contributed by atoms with van der Waals surface area (Å²) in [6.45, 7) is 1.56. The minimum absolute atomic E-state index is 0.109. The molecule has 1 aromatic carbocycles. The van der Waals surface area contributed by atoms with Crippen molar-refractivity contribution in [3.8, 4) is 5.75 Å². The SMILES string of the molecule is O=C(NOC1CCCCO1)C1(S(=O)(=O)N2CCC(Oc3ccc(C(F)(F)F)cc3)CC2)CCNCC1. The van der Waals surface area contributed by atoms with Gasteiger partial charge in [-0.2, -0.15) is 13.2 Å². The van der Waals surface area contributed by atoms with Crippen molar-refractivity contribution in [2.75, 3.05) is 32.8 Å². The molecule has 4 rings (SSSR count). The van der Waals surface area contributed by atoms with E-state index in [4.69, 9.17) is 14.3 Å². The minimum Gasteiger partial charge on any atom is -0.490 e. The maximum absolute atomic E-state index is 13.8. The molecule has 1 aromatic rings. The molecule has 0 saturated carbocycles. The first-order chi connectivity index (χ1) is 17.1. The molecule has 0 aliphatic carbocycles. The van der Waals surface area contributed by atoms with Gasteiger partial charge in [0, 0.05) is 26.1 Å². The predicted molar refractivity (Wildman–Crippen MR) is 123 cm³/mol. The maximum Gasteiger partial charge on any atom is 0.416 e. The van der Waals surface area contributed by atoms with Crippen LogP contribution in [0.15, 0.2) is 24.3 Å². The number of hydrogen-bond donors (Lipinski definition) is 2. The third kappa shape index (κ3) is 5.96. The molecule has 0 bridgehead atoms. The Morgan fingerprint density at radius 2 is 1.75 bits per heavy atom. The maximum atomic E-state index is 13.8. The van der Waals surface area contributed by atoms with E-state index in [1.54, 1.807) is 0 Å². The fraction of sp³-hybridized carbons (Fsp3) is 0.696. The smallest absolute Gasteiger partial charge is 0.416 e. The molecular formula is C23H32F3N3O6S. The summed E-state index contributed by atoms with van der Waals surface area (Å²) in [4.78, 5) is 18.6. The standard InChI is InChI=1S/C23H32F3N3O6S/c24-23(25,26)17-4-6-18(7-5-17)34-19-8-14-29(15-9-19)36(31,32)22(10-12-27-13-11-22)21(30)28-35-20-3-1-2-16-33-20/h4-7,19-20,27H,1-3,8-16H2,(H,28,30). The zero-order valence-corrected chi connectivity index (χ0v) is 20.7. The molecule has 36 heavy (non-hydrogen) atoms. The van der Waals surface area contributed by atoms with Crippen molar-refractivity contribution >= 4 is 15.9 Å². The lowest BCUT2D eigenvalue weighted by atomic mass is 9.96. The second-order valence-electron chi connectivity index (χ2n) is 9.33. The molecule has 3 heterocycles. The van der Waals surface area contributed by atoms with Crippen molar-refractivity contribution < 1.29 is 40.7 Å². The van der Waals surface area contributed by atoms with E-state index in [2.05, 4.69) is 10.8 Å². The number of rotatable bonds is 7. The van der Waals surface area contributed by atoms with Crippen LogP contribution in [0.2, 0.25) is 0 Å². The molecule has 1 amide bonds. The molecule has 3 aliphatic heterocycles. The van der Waals surface area contributed by atoms with E-state index in [1.807, 2.05) is 0 Å². The Morgan fingerprint density at radius 3 is 2.33 bits per heavy atom. The average molecular weight is 536 g/mol. The summed E-state index contributed by atoms with van der Waals surface area (Å²) in [5.74, 6) is -0.401. The molecule has 2 N–H and O–H groups in total. The summed E-state index contributed by atoms with van der Waals surface area (Å²) in [7, 11) is -4.04. The highest BCUT2D eigenvalue weighted by Gasteiger charge is 2.54. The van der Waals surface area contributed by atoms with Crippen LogP contribution in [0.5, 0.6) is 5.75 Å². The molecule has 9 nitrogen and oxygen atoms in total. The molecule has 202 valence electrons. The van der Waals surface area contributed by atoms with E-state index >= 15 is 0 Å². The first kappa shape index (κ1) is 27.1. The van der Waals surface area contributed by atoms with Gasteiger partial charge in [-0.25, -0.2) is 23.0 Å². The number of ether oxygens (including phenoxy) is 2. The second-order valence-corrected chi connectivity index (χ2v) is 11.6. The topological polar surface area (TPSA) is 106 Å². The normalized spacial score (nSPS) is 24.2. The van der Waals surface area contributed by atoms with Gasteiger partial charge in [-0.1, -0.05) is 0 Å². The number of piperidine rings is 2. The summed E-state index contributed by atoms with van der Waals surface area (Å²) in [5.41, 5.74) is 1.60. The molecule has 3 aliphatic rings. The van der Waals surface area contributed by atoms with Gasteiger partial charge in [-0.3, -0.25) is 4.79 Å². The molecule has 1 atom stereocenters. The highest BCUT2D eigenvalue weighted by Crippen LogP contribution is 2.34. The number of hydroxylamine groups is 1. The number of hydrogen-bond acceptors (Lipinski definition) is 7. The number of nitrogens with zero attached hydrogens (tertiary/aromatic N) is 1. The van der Waals surface area contributed by atoms with Crippen LogP contribution < -0.4 is 15.5 Å². The molecule has 13 heteroatoms. The van der Waals surface area contributed by atoms with Crippen LogP contribution in [0, 0.1) is 0 Å². The van der Waals surface area contributed by atoms with E-state index in [0.717, 1.165) is 25.0 Å². The average Bonchev–Trinajstić information content (AvgIpc) is 2.88. The fourth-order valence-electron chi connectivity index (χ4n) is 4.80. The Morgan fingerprint density at radius 1 is 1.08 bits per heavy atom. The van der Waals surface area contributed by atoms with Crippen LogP contribution in [-0.2, 0) is 30.6 Å². The minimum atomic E-state index is -4.43. The number of carbonyl (C=O) groups excluding carboxylic acids is 1. The second kappa shape index (κ2) is 11.2. The summed E-state index contributed by atoms with van der Waals surface area (Å²) in [6, 6.07) is 4.43. The van der Waals surface area contributed by atoms with E-state index < -0.39 is 38.7 Å². The lowest BCUT2D eigenvalue weighted by Crippen LogP contribution is -2.62. The van der Waals surface area contributed by atoms with Crippen molar-refractivity contribution in [2.45, 2.75) is 68.3 Å². The zero-order chi connectivity index (χ0) is 25.8. The summed E-state index contributed by atoms with van der Waals surface area (Å²) in [6.07, 6.45) is -2.02. The lowest BCUT2D eigenvalue weighted by molar-refractivity contribution is -0.201. The van der Waals surface area contributed by atoms with E-state index in [-0.39, 0.29) is 32.0 Å². The molecule has 0 radical (unpaired) electrons. The molecule has 3 fully saturated rings. The van der Waals surface area contributed by atoms with Gasteiger partial charge < -0.3 is 14.8 Å². The zero-order valence-electron chi connectivity index (χ0n) is 19.9. The largest absolute Gasteiger partial charge is 0.490 e. The first-order valence-electron chi connectivity index (χ1n) is 12.2. The van der Waals surface area contributed by atoms with Crippen molar-refractivity contribution in [1.82, 2.24) is 15.1 Å². The monoisotopic (exact) mass is 535 g/mol. The Bertz CT molecular complexity index is 985. The fourth-order valence-corrected chi connectivity index (χ4v) is 6.98. The number of halogens is 3. The Labute approximate surface area is 208 Å². The molecular weight excluding hydrogens is 503 g/mol. The van der Waals surface area contributed by atoms with Crippen LogP contribution in [-0.4, -0.2) is 68.6 Å². The Balaban J connectivity index is 1.38. The molecule has 1 unspecified atom stereocenters. The number of alkyl halides is 3. The predicted octanol–water partition coefficient (Wildman–Crippen LogP) is 2.58. The first-order valence-corrected chi connectivity index (χ1v) is 13.7. The molecule has 0 spiro atoms. The number of amides is 1. The van der Waals surface area contributed by atoms with Gasteiger partial charge in [-0.05, 0) is 75.9 Å². The van der Waals surface area contributed by atoms with Gasteiger partial charge in [0.2, 0.25) is 10.0 Å². The van der Waals surface area contributed by atoms with Crippen LogP contribution in [0.4, 0.5) is 13.2 Å². The summed E-state index contributed by atoms with van der Waals surface area (Å²) in [5, 5.41) is 3.10. The summed E-state index contributed by atoms with van der Waals surface area (Å²) < 4.78 is 76.7. The number of benzene rings is 1. The van der Waals surface area contributed by atoms with Gasteiger partial charge in [0.05, 0.1) is 5.56 Å². The van der Waals surface area contributed by atoms with Gasteiger partial charge >= 0.3 is 6.18 Å².